The van der Waals surface area contributed by atoms with Gasteiger partial charge < -0.3 is 15.7 Å². The van der Waals surface area contributed by atoms with Crippen LogP contribution in [0.4, 0.5) is 0 Å². The van der Waals surface area contributed by atoms with Gasteiger partial charge in [0.15, 0.2) is 0 Å². The lowest BCUT2D eigenvalue weighted by Gasteiger charge is -2.15. The topological polar surface area (TPSA) is 49.5 Å². The fraction of sp³-hybridized carbons (Fsp3) is 1.00. The van der Waals surface area contributed by atoms with Crippen LogP contribution in [0.1, 0.15) is 32.1 Å². The van der Waals surface area contributed by atoms with Gasteiger partial charge in [-0.15, -0.1) is 0 Å². The van der Waals surface area contributed by atoms with E-state index < -0.39 is 0 Å². The third kappa shape index (κ3) is 4.40. The molecule has 0 aromatic heterocycles. The summed E-state index contributed by atoms with van der Waals surface area (Å²) in [5.41, 5.74) is 5.44. The Kier molecular flexibility index (Phi) is 6.15. The van der Waals surface area contributed by atoms with Crippen molar-refractivity contribution < 1.29 is 5.11 Å². The van der Waals surface area contributed by atoms with Crippen LogP contribution in [0.15, 0.2) is 0 Å². The van der Waals surface area contributed by atoms with E-state index in [0.29, 0.717) is 6.61 Å². The highest BCUT2D eigenvalue weighted by Crippen LogP contribution is 2.19. The quantitative estimate of drug-likeness (QED) is 0.598. The average molecular weight is 200 g/mol. The second kappa shape index (κ2) is 7.21. The van der Waals surface area contributed by atoms with Crippen molar-refractivity contribution in [3.05, 3.63) is 0 Å². The standard InChI is InChI=1S/C11H24N2O/c12-6-2-1-3-7-13-8-4-11(10-13)5-9-14/h11,14H,1-10,12H2. The highest BCUT2D eigenvalue weighted by atomic mass is 16.3. The number of likely N-dealkylation sites (tertiary alicyclic amines) is 1. The van der Waals surface area contributed by atoms with Crippen LogP contribution < -0.4 is 5.73 Å². The van der Waals surface area contributed by atoms with Gasteiger partial charge >= 0.3 is 0 Å². The van der Waals surface area contributed by atoms with Crippen molar-refractivity contribution in [2.45, 2.75) is 32.1 Å². The Hall–Kier alpha value is -0.120. The van der Waals surface area contributed by atoms with Crippen LogP contribution in [0.2, 0.25) is 0 Å². The summed E-state index contributed by atoms with van der Waals surface area (Å²) >= 11 is 0. The Balaban J connectivity index is 1.98. The van der Waals surface area contributed by atoms with Crippen molar-refractivity contribution in [3.8, 4) is 0 Å². The van der Waals surface area contributed by atoms with E-state index in [2.05, 4.69) is 4.90 Å². The van der Waals surface area contributed by atoms with E-state index >= 15 is 0 Å². The Bertz CT molecular complexity index is 141. The lowest BCUT2D eigenvalue weighted by Crippen LogP contribution is -2.22. The minimum Gasteiger partial charge on any atom is -0.396 e. The monoisotopic (exact) mass is 200 g/mol. The number of nitrogens with two attached hydrogens (primary N) is 1. The summed E-state index contributed by atoms with van der Waals surface area (Å²) < 4.78 is 0. The van der Waals surface area contributed by atoms with Gasteiger partial charge in [-0.05, 0) is 51.2 Å². The summed E-state index contributed by atoms with van der Waals surface area (Å²) in [5.74, 6) is 0.745. The molecule has 1 aliphatic rings. The van der Waals surface area contributed by atoms with Crippen LogP contribution in [0.25, 0.3) is 0 Å². The van der Waals surface area contributed by atoms with Gasteiger partial charge in [-0.2, -0.15) is 0 Å². The highest BCUT2D eigenvalue weighted by molar-refractivity contribution is 4.75. The van der Waals surface area contributed by atoms with E-state index in [1.54, 1.807) is 0 Å². The maximum Gasteiger partial charge on any atom is 0.0434 e. The second-order valence-electron chi connectivity index (χ2n) is 4.32. The summed E-state index contributed by atoms with van der Waals surface area (Å²) in [7, 11) is 0. The average Bonchev–Trinajstić information content (AvgIpc) is 2.61. The van der Waals surface area contributed by atoms with Crippen molar-refractivity contribution in [1.29, 1.82) is 0 Å². The minimum absolute atomic E-state index is 0.353. The van der Waals surface area contributed by atoms with E-state index in [9.17, 15) is 0 Å². The molecule has 3 heteroatoms. The molecule has 0 aliphatic carbocycles. The number of aliphatic hydroxyl groups excluding tert-OH is 1. The molecule has 3 nitrogen and oxygen atoms in total. The Morgan fingerprint density at radius 2 is 2.14 bits per heavy atom. The molecule has 1 fully saturated rings. The third-order valence-corrected chi connectivity index (χ3v) is 3.09. The number of hydrogen-bond donors (Lipinski definition) is 2. The zero-order valence-electron chi connectivity index (χ0n) is 9.12. The fourth-order valence-corrected chi connectivity index (χ4v) is 2.19. The van der Waals surface area contributed by atoms with Crippen LogP contribution >= 0.6 is 0 Å². The fourth-order valence-electron chi connectivity index (χ4n) is 2.19. The molecular formula is C11H24N2O. The maximum atomic E-state index is 8.83. The number of rotatable bonds is 7. The van der Waals surface area contributed by atoms with Crippen molar-refractivity contribution in [2.24, 2.45) is 11.7 Å². The number of unbranched alkanes of at least 4 members (excludes halogenated alkanes) is 2. The molecule has 1 heterocycles. The molecule has 14 heavy (non-hydrogen) atoms. The van der Waals surface area contributed by atoms with Gasteiger partial charge in [0.1, 0.15) is 0 Å². The first-order chi connectivity index (χ1) is 6.86. The first-order valence-corrected chi connectivity index (χ1v) is 5.90. The van der Waals surface area contributed by atoms with Crippen molar-refractivity contribution in [2.75, 3.05) is 32.8 Å². The van der Waals surface area contributed by atoms with Crippen LogP contribution in [0.3, 0.4) is 0 Å². The summed E-state index contributed by atoms with van der Waals surface area (Å²) in [6.45, 7) is 4.83. The predicted molar refractivity (Wildman–Crippen MR) is 59.2 cm³/mol. The smallest absolute Gasteiger partial charge is 0.0434 e. The third-order valence-electron chi connectivity index (χ3n) is 3.09. The molecular weight excluding hydrogens is 176 g/mol. The molecule has 0 aromatic rings. The number of hydrogen-bond acceptors (Lipinski definition) is 3. The molecule has 0 aromatic carbocycles. The maximum absolute atomic E-state index is 8.83. The van der Waals surface area contributed by atoms with Crippen molar-refractivity contribution in [3.63, 3.8) is 0 Å². The van der Waals surface area contributed by atoms with Gasteiger partial charge in [-0.3, -0.25) is 0 Å². The molecule has 1 atom stereocenters. The summed E-state index contributed by atoms with van der Waals surface area (Å²) in [6, 6.07) is 0. The Labute approximate surface area is 87.3 Å². The van der Waals surface area contributed by atoms with Gasteiger partial charge in [0.2, 0.25) is 0 Å². The molecule has 1 unspecified atom stereocenters. The lowest BCUT2D eigenvalue weighted by atomic mass is 10.1. The molecule has 0 spiro atoms. The molecule has 1 aliphatic heterocycles. The van der Waals surface area contributed by atoms with Gasteiger partial charge in [-0.25, -0.2) is 0 Å². The van der Waals surface area contributed by atoms with Gasteiger partial charge in [-0.1, -0.05) is 6.42 Å². The SMILES string of the molecule is NCCCCCN1CCC(CCO)C1. The van der Waals surface area contributed by atoms with Crippen LogP contribution in [-0.2, 0) is 0 Å². The first kappa shape index (κ1) is 12.0. The lowest BCUT2D eigenvalue weighted by molar-refractivity contribution is 0.250. The van der Waals surface area contributed by atoms with Gasteiger partial charge in [0, 0.05) is 13.2 Å². The molecule has 3 N–H and O–H groups in total. The molecule has 84 valence electrons. The summed E-state index contributed by atoms with van der Waals surface area (Å²) in [4.78, 5) is 2.52. The number of aliphatic hydroxyl groups is 1. The van der Waals surface area contributed by atoms with Crippen molar-refractivity contribution in [1.82, 2.24) is 4.90 Å². The second-order valence-corrected chi connectivity index (χ2v) is 4.32. The molecule has 0 bridgehead atoms. The van der Waals surface area contributed by atoms with E-state index in [0.717, 1.165) is 25.3 Å². The Morgan fingerprint density at radius 1 is 1.29 bits per heavy atom. The largest absolute Gasteiger partial charge is 0.396 e. The molecule has 1 saturated heterocycles. The van der Waals surface area contributed by atoms with Crippen LogP contribution in [-0.4, -0.2) is 42.8 Å². The normalized spacial score (nSPS) is 23.1. The molecule has 0 saturated carbocycles. The zero-order chi connectivity index (χ0) is 10.2. The van der Waals surface area contributed by atoms with Crippen LogP contribution in [0.5, 0.6) is 0 Å². The van der Waals surface area contributed by atoms with E-state index in [1.807, 2.05) is 0 Å². The van der Waals surface area contributed by atoms with E-state index in [-0.39, 0.29) is 0 Å². The Morgan fingerprint density at radius 3 is 2.86 bits per heavy atom. The van der Waals surface area contributed by atoms with Gasteiger partial charge in [0.25, 0.3) is 0 Å². The van der Waals surface area contributed by atoms with E-state index in [4.69, 9.17) is 10.8 Å². The molecule has 0 radical (unpaired) electrons. The minimum atomic E-state index is 0.353. The zero-order valence-corrected chi connectivity index (χ0v) is 9.12. The summed E-state index contributed by atoms with van der Waals surface area (Å²) in [6.07, 6.45) is 5.96. The molecule has 0 amide bonds. The molecule has 1 rings (SSSR count). The van der Waals surface area contributed by atoms with Crippen LogP contribution in [0, 0.1) is 5.92 Å². The number of nitrogens with zero attached hydrogens (tertiary/aromatic N) is 1. The highest BCUT2D eigenvalue weighted by Gasteiger charge is 2.20. The van der Waals surface area contributed by atoms with Crippen molar-refractivity contribution >= 4 is 0 Å². The van der Waals surface area contributed by atoms with Gasteiger partial charge in [0.05, 0.1) is 0 Å². The predicted octanol–water partition coefficient (Wildman–Crippen LogP) is 0.820. The van der Waals surface area contributed by atoms with E-state index in [1.165, 1.54) is 38.9 Å². The first-order valence-electron chi connectivity index (χ1n) is 5.90. The summed E-state index contributed by atoms with van der Waals surface area (Å²) in [5, 5.41) is 8.83.